The Balaban J connectivity index is 1.72. The van der Waals surface area contributed by atoms with Crippen molar-refractivity contribution in [3.8, 4) is 0 Å². The summed E-state index contributed by atoms with van der Waals surface area (Å²) in [6, 6.07) is -0.534. The van der Waals surface area contributed by atoms with Crippen molar-refractivity contribution < 1.29 is 14.4 Å². The van der Waals surface area contributed by atoms with Crippen LogP contribution in [0.5, 0.6) is 0 Å². The zero-order chi connectivity index (χ0) is 14.8. The van der Waals surface area contributed by atoms with E-state index in [9.17, 15) is 14.4 Å². The fourth-order valence-corrected chi connectivity index (χ4v) is 3.79. The van der Waals surface area contributed by atoms with Gasteiger partial charge in [0.1, 0.15) is 5.92 Å². The quantitative estimate of drug-likeness (QED) is 0.640. The molecule has 1 N–H and O–H groups in total. The predicted octanol–water partition coefficient (Wildman–Crippen LogP) is 2.23. The van der Waals surface area contributed by atoms with Crippen molar-refractivity contribution in [3.05, 3.63) is 12.2 Å². The van der Waals surface area contributed by atoms with Crippen LogP contribution in [0.3, 0.4) is 0 Å². The lowest BCUT2D eigenvalue weighted by Gasteiger charge is -2.35. The van der Waals surface area contributed by atoms with Gasteiger partial charge < -0.3 is 0 Å². The number of carbonyl (C=O) groups is 3. The zero-order valence-electron chi connectivity index (χ0n) is 12.2. The van der Waals surface area contributed by atoms with E-state index in [4.69, 9.17) is 0 Å². The first-order chi connectivity index (χ1) is 10.2. The number of urea groups is 1. The van der Waals surface area contributed by atoms with Crippen LogP contribution in [-0.4, -0.2) is 29.3 Å². The normalized spacial score (nSPS) is 30.9. The maximum Gasteiger partial charge on any atom is 0.330 e. The molecule has 2 fully saturated rings. The van der Waals surface area contributed by atoms with Crippen molar-refractivity contribution in [2.24, 2.45) is 17.8 Å². The Morgan fingerprint density at radius 2 is 1.86 bits per heavy atom. The first kappa shape index (κ1) is 14.3. The van der Waals surface area contributed by atoms with Crippen LogP contribution in [0, 0.1) is 17.8 Å². The number of carbonyl (C=O) groups excluding carboxylic acids is 3. The summed E-state index contributed by atoms with van der Waals surface area (Å²) in [5.41, 5.74) is 0. The molecule has 4 amide bonds. The van der Waals surface area contributed by atoms with Crippen LogP contribution >= 0.6 is 0 Å². The van der Waals surface area contributed by atoms with Crippen LogP contribution < -0.4 is 5.32 Å². The van der Waals surface area contributed by atoms with Gasteiger partial charge in [0.15, 0.2) is 0 Å². The van der Waals surface area contributed by atoms with E-state index in [1.807, 2.05) is 0 Å². The van der Waals surface area contributed by atoms with E-state index in [1.54, 1.807) is 0 Å². The van der Waals surface area contributed by atoms with E-state index in [-0.39, 0.29) is 11.8 Å². The van der Waals surface area contributed by atoms with Crippen molar-refractivity contribution in [2.45, 2.75) is 44.9 Å². The molecule has 1 saturated heterocycles. The highest BCUT2D eigenvalue weighted by Crippen LogP contribution is 2.34. The van der Waals surface area contributed by atoms with E-state index in [2.05, 4.69) is 17.5 Å². The Bertz CT molecular complexity index is 480. The smallest absolute Gasteiger partial charge is 0.277 e. The van der Waals surface area contributed by atoms with Crippen molar-refractivity contribution in [2.75, 3.05) is 6.54 Å². The van der Waals surface area contributed by atoms with Gasteiger partial charge in [0.05, 0.1) is 0 Å². The second-order valence-electron chi connectivity index (χ2n) is 6.42. The number of imide groups is 2. The van der Waals surface area contributed by atoms with Crippen LogP contribution in [0.15, 0.2) is 12.2 Å². The largest absolute Gasteiger partial charge is 0.330 e. The van der Waals surface area contributed by atoms with E-state index in [0.717, 1.165) is 44.9 Å². The number of hydrogen-bond acceptors (Lipinski definition) is 3. The van der Waals surface area contributed by atoms with Crippen molar-refractivity contribution in [3.63, 3.8) is 0 Å². The standard InChI is InChI=1S/C16H22N2O3/c19-14-13(12-8-4-5-9-12)15(20)18(16(21)17-14)10-11-6-2-1-3-7-11/h1-2,11-13H,3-10H2,(H,17,19,21). The first-order valence-corrected chi connectivity index (χ1v) is 7.98. The molecule has 0 aromatic rings. The van der Waals surface area contributed by atoms with Crippen LogP contribution in [0.1, 0.15) is 44.9 Å². The highest BCUT2D eigenvalue weighted by atomic mass is 16.2. The summed E-state index contributed by atoms with van der Waals surface area (Å²) in [6.07, 6.45) is 11.1. The first-order valence-electron chi connectivity index (χ1n) is 7.98. The average Bonchev–Trinajstić information content (AvgIpc) is 2.98. The number of nitrogens with one attached hydrogen (secondary N) is 1. The molecule has 21 heavy (non-hydrogen) atoms. The minimum Gasteiger partial charge on any atom is -0.277 e. The van der Waals surface area contributed by atoms with Crippen LogP contribution in [0.2, 0.25) is 0 Å². The van der Waals surface area contributed by atoms with Crippen LogP contribution in [0.4, 0.5) is 4.79 Å². The maximum absolute atomic E-state index is 12.6. The summed E-state index contributed by atoms with van der Waals surface area (Å²) < 4.78 is 0. The highest BCUT2D eigenvalue weighted by molar-refractivity contribution is 6.16. The summed E-state index contributed by atoms with van der Waals surface area (Å²) in [4.78, 5) is 38.0. The Hall–Kier alpha value is -1.65. The Labute approximate surface area is 124 Å². The molecule has 0 aromatic heterocycles. The minimum absolute atomic E-state index is 0.111. The SMILES string of the molecule is O=C1NC(=O)N(CC2CC=CCC2)C(=O)C1C1CCCC1. The minimum atomic E-state index is -0.649. The van der Waals surface area contributed by atoms with Gasteiger partial charge in [0.2, 0.25) is 11.8 Å². The van der Waals surface area contributed by atoms with Gasteiger partial charge in [-0.2, -0.15) is 0 Å². The lowest BCUT2D eigenvalue weighted by atomic mass is 9.86. The molecule has 5 heteroatoms. The topological polar surface area (TPSA) is 66.5 Å². The van der Waals surface area contributed by atoms with E-state index < -0.39 is 17.9 Å². The molecule has 2 aliphatic carbocycles. The fraction of sp³-hybridized carbons (Fsp3) is 0.688. The molecule has 5 nitrogen and oxygen atoms in total. The van der Waals surface area contributed by atoms with Gasteiger partial charge in [-0.25, -0.2) is 4.79 Å². The summed E-state index contributed by atoms with van der Waals surface area (Å²) in [7, 11) is 0. The van der Waals surface area contributed by atoms with Crippen LogP contribution in [0.25, 0.3) is 0 Å². The number of barbiturate groups is 1. The zero-order valence-corrected chi connectivity index (χ0v) is 12.2. The Morgan fingerprint density at radius 3 is 2.52 bits per heavy atom. The van der Waals surface area contributed by atoms with Crippen molar-refractivity contribution >= 4 is 17.8 Å². The van der Waals surface area contributed by atoms with Gasteiger partial charge in [-0.3, -0.25) is 19.8 Å². The third-order valence-electron chi connectivity index (χ3n) is 4.98. The van der Waals surface area contributed by atoms with E-state index >= 15 is 0 Å². The number of hydrogen-bond donors (Lipinski definition) is 1. The van der Waals surface area contributed by atoms with Gasteiger partial charge in [0, 0.05) is 6.54 Å². The molecule has 114 valence electrons. The molecule has 1 aliphatic heterocycles. The average molecular weight is 290 g/mol. The molecular formula is C16H22N2O3. The van der Waals surface area contributed by atoms with Gasteiger partial charge >= 0.3 is 6.03 Å². The molecule has 3 aliphatic rings. The fourth-order valence-electron chi connectivity index (χ4n) is 3.79. The van der Waals surface area contributed by atoms with Gasteiger partial charge in [-0.1, -0.05) is 25.0 Å². The van der Waals surface area contributed by atoms with E-state index in [1.165, 1.54) is 4.90 Å². The maximum atomic E-state index is 12.6. The summed E-state index contributed by atoms with van der Waals surface area (Å²) >= 11 is 0. The molecule has 1 heterocycles. The molecule has 1 saturated carbocycles. The van der Waals surface area contributed by atoms with Gasteiger partial charge in [0.25, 0.3) is 0 Å². The molecule has 0 spiro atoms. The van der Waals surface area contributed by atoms with Crippen LogP contribution in [-0.2, 0) is 9.59 Å². The third-order valence-corrected chi connectivity index (χ3v) is 4.98. The number of amides is 4. The molecule has 0 aromatic carbocycles. The Kier molecular flexibility index (Phi) is 4.08. The summed E-state index contributed by atoms with van der Waals surface area (Å²) in [5.74, 6) is -0.882. The molecule has 0 radical (unpaired) electrons. The molecule has 2 atom stereocenters. The Morgan fingerprint density at radius 1 is 1.10 bits per heavy atom. The summed E-state index contributed by atoms with van der Waals surface area (Å²) in [5, 5.41) is 2.39. The molecule has 0 bridgehead atoms. The predicted molar refractivity (Wildman–Crippen MR) is 77.2 cm³/mol. The number of nitrogens with zero attached hydrogens (tertiary/aromatic N) is 1. The van der Waals surface area contributed by atoms with E-state index in [0.29, 0.717) is 12.5 Å². The second-order valence-corrected chi connectivity index (χ2v) is 6.42. The third kappa shape index (κ3) is 2.87. The monoisotopic (exact) mass is 290 g/mol. The van der Waals surface area contributed by atoms with Gasteiger partial charge in [-0.05, 0) is 43.9 Å². The summed E-state index contributed by atoms with van der Waals surface area (Å²) in [6.45, 7) is 0.436. The van der Waals surface area contributed by atoms with Crippen molar-refractivity contribution in [1.82, 2.24) is 10.2 Å². The molecule has 3 rings (SSSR count). The second kappa shape index (κ2) is 6.00. The lowest BCUT2D eigenvalue weighted by molar-refractivity contribution is -0.145. The van der Waals surface area contributed by atoms with Crippen molar-refractivity contribution in [1.29, 1.82) is 0 Å². The molecular weight excluding hydrogens is 268 g/mol. The molecule has 2 unspecified atom stereocenters. The number of allylic oxidation sites excluding steroid dienone is 2. The highest BCUT2D eigenvalue weighted by Gasteiger charge is 2.45. The van der Waals surface area contributed by atoms with Gasteiger partial charge in [-0.15, -0.1) is 0 Å². The number of rotatable bonds is 3. The lowest BCUT2D eigenvalue weighted by Crippen LogP contribution is -2.60.